The number of nitrogens with two attached hydrogens (primary N) is 1. The third kappa shape index (κ3) is 1.72. The minimum absolute atomic E-state index is 0.238. The molecule has 0 saturated heterocycles. The third-order valence-electron chi connectivity index (χ3n) is 3.09. The van der Waals surface area contributed by atoms with E-state index in [0.717, 1.165) is 21.9 Å². The Bertz CT molecular complexity index is 702. The highest BCUT2D eigenvalue weighted by molar-refractivity contribution is 6.02. The molecule has 88 valence electrons. The molecule has 3 rings (SSSR count). The first-order chi connectivity index (χ1) is 8.75. The Kier molecular flexibility index (Phi) is 2.49. The molecule has 0 aliphatic heterocycles. The van der Waals surface area contributed by atoms with Crippen LogP contribution in [0.2, 0.25) is 0 Å². The lowest BCUT2D eigenvalue weighted by Gasteiger charge is -2.10. The van der Waals surface area contributed by atoms with Gasteiger partial charge in [-0.2, -0.15) is 0 Å². The fourth-order valence-electron chi connectivity index (χ4n) is 2.23. The molecular weight excluding hydrogens is 225 g/mol. The second-order valence-electron chi connectivity index (χ2n) is 4.26. The van der Waals surface area contributed by atoms with Crippen molar-refractivity contribution in [3.63, 3.8) is 0 Å². The normalized spacial score (nSPS) is 10.7. The van der Waals surface area contributed by atoms with Crippen molar-refractivity contribution in [3.05, 3.63) is 66.5 Å². The third-order valence-corrected chi connectivity index (χ3v) is 3.09. The van der Waals surface area contributed by atoms with Gasteiger partial charge >= 0.3 is 0 Å². The number of fused-ring (bicyclic) bond motifs is 1. The van der Waals surface area contributed by atoms with Gasteiger partial charge in [0.25, 0.3) is 0 Å². The van der Waals surface area contributed by atoms with Crippen LogP contribution in [-0.4, -0.2) is 0 Å². The average Bonchev–Trinajstić information content (AvgIpc) is 2.40. The Hall–Kier alpha value is -2.35. The SMILES string of the molecule is Nc1ccc2ccccc2c1-c1ccc(F)cc1. The molecule has 0 heterocycles. The number of hydrogen-bond acceptors (Lipinski definition) is 1. The molecule has 0 radical (unpaired) electrons. The van der Waals surface area contributed by atoms with Gasteiger partial charge in [0, 0.05) is 11.3 Å². The number of halogens is 1. The van der Waals surface area contributed by atoms with Crippen molar-refractivity contribution >= 4 is 16.5 Å². The van der Waals surface area contributed by atoms with E-state index in [9.17, 15) is 4.39 Å². The molecule has 0 bridgehead atoms. The lowest BCUT2D eigenvalue weighted by Crippen LogP contribution is -1.91. The summed E-state index contributed by atoms with van der Waals surface area (Å²) >= 11 is 0. The van der Waals surface area contributed by atoms with Gasteiger partial charge in [-0.05, 0) is 34.5 Å². The summed E-state index contributed by atoms with van der Waals surface area (Å²) in [5.74, 6) is -0.238. The summed E-state index contributed by atoms with van der Waals surface area (Å²) in [6.07, 6.45) is 0. The first-order valence-corrected chi connectivity index (χ1v) is 5.79. The van der Waals surface area contributed by atoms with Crippen LogP contribution in [0, 0.1) is 5.82 Å². The second kappa shape index (κ2) is 4.15. The molecule has 0 unspecified atom stereocenters. The van der Waals surface area contributed by atoms with Crippen LogP contribution < -0.4 is 5.73 Å². The summed E-state index contributed by atoms with van der Waals surface area (Å²) in [5.41, 5.74) is 8.67. The molecule has 0 spiro atoms. The van der Waals surface area contributed by atoms with Crippen LogP contribution in [0.3, 0.4) is 0 Å². The summed E-state index contributed by atoms with van der Waals surface area (Å²) in [6.45, 7) is 0. The van der Waals surface area contributed by atoms with E-state index in [1.165, 1.54) is 12.1 Å². The summed E-state index contributed by atoms with van der Waals surface area (Å²) in [7, 11) is 0. The van der Waals surface area contributed by atoms with E-state index in [4.69, 9.17) is 5.73 Å². The van der Waals surface area contributed by atoms with Crippen molar-refractivity contribution in [1.29, 1.82) is 0 Å². The zero-order valence-electron chi connectivity index (χ0n) is 9.73. The van der Waals surface area contributed by atoms with Gasteiger partial charge in [0.15, 0.2) is 0 Å². The average molecular weight is 237 g/mol. The molecule has 0 aliphatic rings. The van der Waals surface area contributed by atoms with Crippen LogP contribution >= 0.6 is 0 Å². The zero-order chi connectivity index (χ0) is 12.5. The Morgan fingerprint density at radius 3 is 2.28 bits per heavy atom. The first-order valence-electron chi connectivity index (χ1n) is 5.79. The number of benzene rings is 3. The van der Waals surface area contributed by atoms with Crippen LogP contribution in [0.15, 0.2) is 60.7 Å². The van der Waals surface area contributed by atoms with E-state index in [0.29, 0.717) is 5.69 Å². The van der Waals surface area contributed by atoms with Crippen LogP contribution in [0.25, 0.3) is 21.9 Å². The van der Waals surface area contributed by atoms with Crippen molar-refractivity contribution in [2.45, 2.75) is 0 Å². The first kappa shape index (κ1) is 10.8. The second-order valence-corrected chi connectivity index (χ2v) is 4.26. The van der Waals surface area contributed by atoms with Gasteiger partial charge in [0.1, 0.15) is 5.82 Å². The fourth-order valence-corrected chi connectivity index (χ4v) is 2.23. The maximum atomic E-state index is 13.0. The maximum Gasteiger partial charge on any atom is 0.123 e. The Morgan fingerprint density at radius 2 is 1.50 bits per heavy atom. The maximum absolute atomic E-state index is 13.0. The predicted molar refractivity (Wildman–Crippen MR) is 73.8 cm³/mol. The van der Waals surface area contributed by atoms with Crippen LogP contribution in [-0.2, 0) is 0 Å². The fraction of sp³-hybridized carbons (Fsp3) is 0. The molecule has 2 N–H and O–H groups in total. The highest BCUT2D eigenvalue weighted by Crippen LogP contribution is 2.33. The van der Waals surface area contributed by atoms with Gasteiger partial charge in [-0.1, -0.05) is 42.5 Å². The van der Waals surface area contributed by atoms with Crippen LogP contribution in [0.1, 0.15) is 0 Å². The molecule has 3 aromatic rings. The van der Waals surface area contributed by atoms with E-state index in [1.54, 1.807) is 12.1 Å². The van der Waals surface area contributed by atoms with Gasteiger partial charge in [0.05, 0.1) is 0 Å². The van der Waals surface area contributed by atoms with Crippen molar-refractivity contribution < 1.29 is 4.39 Å². The van der Waals surface area contributed by atoms with Crippen molar-refractivity contribution in [1.82, 2.24) is 0 Å². The van der Waals surface area contributed by atoms with Crippen molar-refractivity contribution in [2.75, 3.05) is 5.73 Å². The largest absolute Gasteiger partial charge is 0.398 e. The molecule has 0 atom stereocenters. The molecule has 3 aromatic carbocycles. The Morgan fingerprint density at radius 1 is 0.778 bits per heavy atom. The predicted octanol–water partition coefficient (Wildman–Crippen LogP) is 4.23. The Labute approximate surface area is 105 Å². The quantitative estimate of drug-likeness (QED) is 0.630. The number of anilines is 1. The highest BCUT2D eigenvalue weighted by atomic mass is 19.1. The van der Waals surface area contributed by atoms with Gasteiger partial charge in [-0.15, -0.1) is 0 Å². The van der Waals surface area contributed by atoms with Crippen molar-refractivity contribution in [3.8, 4) is 11.1 Å². The van der Waals surface area contributed by atoms with E-state index in [1.807, 2.05) is 36.4 Å². The summed E-state index contributed by atoms with van der Waals surface area (Å²) in [6, 6.07) is 18.4. The van der Waals surface area contributed by atoms with Crippen LogP contribution in [0.5, 0.6) is 0 Å². The molecule has 0 fully saturated rings. The molecule has 0 aromatic heterocycles. The zero-order valence-corrected chi connectivity index (χ0v) is 9.73. The molecule has 0 amide bonds. The van der Waals surface area contributed by atoms with E-state index < -0.39 is 0 Å². The number of rotatable bonds is 1. The molecular formula is C16H12FN. The number of hydrogen-bond donors (Lipinski definition) is 1. The Balaban J connectivity index is 2.33. The van der Waals surface area contributed by atoms with E-state index in [2.05, 4.69) is 0 Å². The van der Waals surface area contributed by atoms with Gasteiger partial charge in [-0.25, -0.2) is 4.39 Å². The summed E-state index contributed by atoms with van der Waals surface area (Å²) in [4.78, 5) is 0. The summed E-state index contributed by atoms with van der Waals surface area (Å²) < 4.78 is 13.0. The molecule has 0 aliphatic carbocycles. The topological polar surface area (TPSA) is 26.0 Å². The summed E-state index contributed by atoms with van der Waals surface area (Å²) in [5, 5.41) is 2.22. The molecule has 18 heavy (non-hydrogen) atoms. The van der Waals surface area contributed by atoms with Gasteiger partial charge in [0.2, 0.25) is 0 Å². The molecule has 0 saturated carbocycles. The van der Waals surface area contributed by atoms with Gasteiger partial charge < -0.3 is 5.73 Å². The standard InChI is InChI=1S/C16H12FN/c17-13-8-5-12(6-9-13)16-14-4-2-1-3-11(14)7-10-15(16)18/h1-10H,18H2. The van der Waals surface area contributed by atoms with E-state index >= 15 is 0 Å². The van der Waals surface area contributed by atoms with Crippen molar-refractivity contribution in [2.24, 2.45) is 0 Å². The van der Waals surface area contributed by atoms with Crippen LogP contribution in [0.4, 0.5) is 10.1 Å². The molecule has 1 nitrogen and oxygen atoms in total. The lowest BCUT2D eigenvalue weighted by molar-refractivity contribution is 0.628. The van der Waals surface area contributed by atoms with E-state index in [-0.39, 0.29) is 5.82 Å². The lowest BCUT2D eigenvalue weighted by atomic mass is 9.96. The minimum atomic E-state index is -0.238. The highest BCUT2D eigenvalue weighted by Gasteiger charge is 2.07. The smallest absolute Gasteiger partial charge is 0.123 e. The number of nitrogen functional groups attached to an aromatic ring is 1. The minimum Gasteiger partial charge on any atom is -0.398 e. The molecule has 2 heteroatoms. The van der Waals surface area contributed by atoms with Gasteiger partial charge in [-0.3, -0.25) is 0 Å². The monoisotopic (exact) mass is 237 g/mol.